The first kappa shape index (κ1) is 27.4. The Bertz CT molecular complexity index is 1620. The summed E-state index contributed by atoms with van der Waals surface area (Å²) in [4.78, 5) is 8.80. The molecule has 3 aromatic rings. The van der Waals surface area contributed by atoms with Crippen molar-refractivity contribution in [2.45, 2.75) is 68.0 Å². The third kappa shape index (κ3) is 5.45. The summed E-state index contributed by atoms with van der Waals surface area (Å²) in [6.45, 7) is -2.83. The van der Waals surface area contributed by atoms with Crippen molar-refractivity contribution < 1.29 is 26.0 Å². The first-order valence-corrected chi connectivity index (χ1v) is 14.5. The summed E-state index contributed by atoms with van der Waals surface area (Å²) < 4.78 is 80.5. The second-order valence-corrected chi connectivity index (χ2v) is 12.5. The van der Waals surface area contributed by atoms with Crippen molar-refractivity contribution in [3.63, 3.8) is 0 Å². The van der Waals surface area contributed by atoms with Gasteiger partial charge in [0.1, 0.15) is 0 Å². The molecule has 6 rings (SSSR count). The summed E-state index contributed by atoms with van der Waals surface area (Å²) in [7, 11) is -3.57. The summed E-state index contributed by atoms with van der Waals surface area (Å²) in [6.07, 6.45) is 9.48. The minimum Gasteiger partial charge on any atom is -0.382 e. The van der Waals surface area contributed by atoms with Crippen LogP contribution in [0.25, 0.3) is 17.0 Å². The number of nitrogens with two attached hydrogens (primary N) is 1. The van der Waals surface area contributed by atoms with Crippen LogP contribution in [0.3, 0.4) is 0 Å². The molecule has 2 saturated carbocycles. The van der Waals surface area contributed by atoms with Gasteiger partial charge in [-0.15, -0.1) is 0 Å². The van der Waals surface area contributed by atoms with Gasteiger partial charge in [0.25, 0.3) is 10.0 Å². The van der Waals surface area contributed by atoms with Gasteiger partial charge >= 0.3 is 6.55 Å². The summed E-state index contributed by atoms with van der Waals surface area (Å²) >= 11 is 0. The molecule has 3 aromatic heterocycles. The van der Waals surface area contributed by atoms with Crippen molar-refractivity contribution in [3.8, 4) is 11.4 Å². The number of aromatic nitrogens is 6. The summed E-state index contributed by atoms with van der Waals surface area (Å²) in [5, 5.41) is 13.8. The van der Waals surface area contributed by atoms with E-state index in [9.17, 15) is 26.0 Å². The average Bonchev–Trinajstić information content (AvgIpc) is 3.48. The molecule has 0 spiro atoms. The summed E-state index contributed by atoms with van der Waals surface area (Å²) in [5.74, 6) is -2.54. The zero-order chi connectivity index (χ0) is 29.0. The molecule has 0 aromatic carbocycles. The van der Waals surface area contributed by atoms with Crippen molar-refractivity contribution in [3.05, 3.63) is 66.3 Å². The number of alkyl halides is 4. The number of rotatable bonds is 8. The lowest BCUT2D eigenvalue weighted by atomic mass is 9.90. The lowest BCUT2D eigenvalue weighted by Crippen LogP contribution is -2.50. The SMILES string of the molecule is NC1(c2ccnc(-c3cnn(S(=O)(=O)C4CC4)c3)n2)C=C(NC2CCC(F)(F)CC2)C(c2ccn(C(F)F)n2)=CN1. The Morgan fingerprint density at radius 2 is 1.90 bits per heavy atom. The summed E-state index contributed by atoms with van der Waals surface area (Å²) in [6, 6.07) is 2.69. The third-order valence-corrected chi connectivity index (χ3v) is 9.42. The molecular formula is C25H27F4N9O2S. The minimum absolute atomic E-state index is 0.189. The fourth-order valence-corrected chi connectivity index (χ4v) is 6.37. The van der Waals surface area contributed by atoms with Gasteiger partial charge < -0.3 is 16.4 Å². The average molecular weight is 594 g/mol. The Kier molecular flexibility index (Phi) is 6.64. The highest BCUT2D eigenvalue weighted by Gasteiger charge is 2.39. The van der Waals surface area contributed by atoms with E-state index in [-0.39, 0.29) is 43.2 Å². The van der Waals surface area contributed by atoms with Gasteiger partial charge in [-0.05, 0) is 43.9 Å². The number of hydrogen-bond donors (Lipinski definition) is 3. The van der Waals surface area contributed by atoms with E-state index in [2.05, 4.69) is 30.8 Å². The van der Waals surface area contributed by atoms with E-state index in [1.807, 2.05) is 0 Å². The van der Waals surface area contributed by atoms with Crippen molar-refractivity contribution in [1.29, 1.82) is 0 Å². The van der Waals surface area contributed by atoms with Crippen LogP contribution < -0.4 is 16.4 Å². The number of nitrogens with one attached hydrogen (secondary N) is 2. The predicted molar refractivity (Wildman–Crippen MR) is 139 cm³/mol. The molecule has 0 saturated heterocycles. The monoisotopic (exact) mass is 593 g/mol. The second kappa shape index (κ2) is 9.94. The Labute approximate surface area is 232 Å². The zero-order valence-corrected chi connectivity index (χ0v) is 22.4. The van der Waals surface area contributed by atoms with Crippen LogP contribution in [0.5, 0.6) is 0 Å². The van der Waals surface area contributed by atoms with Crippen LogP contribution in [0.15, 0.2) is 54.9 Å². The second-order valence-electron chi connectivity index (χ2n) is 10.5. The van der Waals surface area contributed by atoms with Gasteiger partial charge in [0.2, 0.25) is 5.92 Å². The molecule has 0 amide bonds. The van der Waals surface area contributed by atoms with Gasteiger partial charge in [-0.25, -0.2) is 31.8 Å². The molecule has 2 aliphatic carbocycles. The standard InChI is InChI=1S/C25H27F4N9O2S/c26-23(27)37-10-6-19(36-37)18-13-32-25(30,11-20(18)34-16-3-7-24(28,29)8-4-16)21-5-9-31-22(35-21)15-12-33-38(14-15)41(39,40)17-1-2-17/h5-6,9-14,16-17,23,32,34H,1-4,7-8,30H2. The maximum Gasteiger partial charge on any atom is 0.333 e. The van der Waals surface area contributed by atoms with E-state index in [0.29, 0.717) is 40.1 Å². The molecule has 2 fully saturated rings. The fraction of sp³-hybridized carbons (Fsp3) is 0.440. The molecule has 0 radical (unpaired) electrons. The Balaban J connectivity index is 1.31. The third-order valence-electron chi connectivity index (χ3n) is 7.38. The van der Waals surface area contributed by atoms with E-state index in [1.165, 1.54) is 30.9 Å². The number of hydrogen-bond acceptors (Lipinski definition) is 9. The van der Waals surface area contributed by atoms with E-state index in [1.54, 1.807) is 12.1 Å². The highest BCUT2D eigenvalue weighted by atomic mass is 32.2. The fourth-order valence-electron chi connectivity index (χ4n) is 4.90. The van der Waals surface area contributed by atoms with E-state index < -0.39 is 33.4 Å². The van der Waals surface area contributed by atoms with Crippen molar-refractivity contribution in [2.75, 3.05) is 0 Å². The van der Waals surface area contributed by atoms with Crippen LogP contribution in [-0.4, -0.2) is 54.6 Å². The predicted octanol–water partition coefficient (Wildman–Crippen LogP) is 3.08. The number of dihydropyridines is 1. The van der Waals surface area contributed by atoms with Crippen LogP contribution in [0.4, 0.5) is 17.6 Å². The van der Waals surface area contributed by atoms with Gasteiger partial charge in [-0.2, -0.15) is 23.1 Å². The lowest BCUT2D eigenvalue weighted by Gasteiger charge is -2.35. The van der Waals surface area contributed by atoms with Gasteiger partial charge in [-0.1, -0.05) is 0 Å². The molecule has 0 bridgehead atoms. The van der Waals surface area contributed by atoms with Crippen molar-refractivity contribution in [2.24, 2.45) is 5.73 Å². The zero-order valence-electron chi connectivity index (χ0n) is 21.6. The molecule has 1 aliphatic heterocycles. The topological polar surface area (TPSA) is 146 Å². The maximum atomic E-state index is 13.8. The van der Waals surface area contributed by atoms with Crippen LogP contribution in [0.2, 0.25) is 0 Å². The number of halogens is 4. The highest BCUT2D eigenvalue weighted by molar-refractivity contribution is 7.90. The molecule has 11 nitrogen and oxygen atoms in total. The van der Waals surface area contributed by atoms with Crippen molar-refractivity contribution in [1.82, 2.24) is 39.6 Å². The van der Waals surface area contributed by atoms with Crippen LogP contribution in [-0.2, 0) is 15.7 Å². The van der Waals surface area contributed by atoms with E-state index in [4.69, 9.17) is 5.73 Å². The molecule has 41 heavy (non-hydrogen) atoms. The van der Waals surface area contributed by atoms with Crippen LogP contribution in [0.1, 0.15) is 56.5 Å². The largest absolute Gasteiger partial charge is 0.382 e. The molecule has 16 heteroatoms. The van der Waals surface area contributed by atoms with Gasteiger partial charge in [0.15, 0.2) is 11.5 Å². The van der Waals surface area contributed by atoms with Gasteiger partial charge in [-0.3, -0.25) is 0 Å². The van der Waals surface area contributed by atoms with E-state index in [0.717, 1.165) is 10.3 Å². The Morgan fingerprint density at radius 3 is 2.59 bits per heavy atom. The molecule has 4 heterocycles. The lowest BCUT2D eigenvalue weighted by molar-refractivity contribution is -0.0396. The van der Waals surface area contributed by atoms with Gasteiger partial charge in [0.05, 0.1) is 34.6 Å². The first-order valence-electron chi connectivity index (χ1n) is 13.0. The Morgan fingerprint density at radius 1 is 1.15 bits per heavy atom. The molecule has 1 atom stereocenters. The minimum atomic E-state index is -3.57. The molecular weight excluding hydrogens is 566 g/mol. The van der Waals surface area contributed by atoms with Gasteiger partial charge in [0, 0.05) is 48.7 Å². The quantitative estimate of drug-likeness (QED) is 0.336. The van der Waals surface area contributed by atoms with Crippen LogP contribution >= 0.6 is 0 Å². The number of nitrogens with zero attached hydrogens (tertiary/aromatic N) is 6. The van der Waals surface area contributed by atoms with E-state index >= 15 is 0 Å². The smallest absolute Gasteiger partial charge is 0.333 e. The van der Waals surface area contributed by atoms with Crippen LogP contribution in [0, 0.1) is 0 Å². The summed E-state index contributed by atoms with van der Waals surface area (Å²) in [5.41, 5.74) is 7.06. The number of allylic oxidation sites excluding steroid dienone is 1. The maximum absolute atomic E-state index is 13.8. The highest BCUT2D eigenvalue weighted by Crippen LogP contribution is 2.36. The molecule has 3 aliphatic rings. The molecule has 4 N–H and O–H groups in total. The first-order chi connectivity index (χ1) is 19.4. The van der Waals surface area contributed by atoms with Crippen molar-refractivity contribution >= 4 is 15.6 Å². The normalized spacial score (nSPS) is 23.2. The molecule has 1 unspecified atom stereocenters. The Hall–Kier alpha value is -3.79. The molecule has 218 valence electrons.